The molecule has 1 aliphatic carbocycles. The Morgan fingerprint density at radius 1 is 1.42 bits per heavy atom. The van der Waals surface area contributed by atoms with Crippen LogP contribution in [-0.4, -0.2) is 54.7 Å². The van der Waals surface area contributed by atoms with Gasteiger partial charge < -0.3 is 19.5 Å². The van der Waals surface area contributed by atoms with Gasteiger partial charge in [0, 0.05) is 43.6 Å². The number of likely N-dealkylation sites (tertiary alicyclic amines) is 1. The van der Waals surface area contributed by atoms with E-state index in [9.17, 15) is 9.59 Å². The van der Waals surface area contributed by atoms with Crippen LogP contribution in [0.1, 0.15) is 49.1 Å². The first-order valence-electron chi connectivity index (χ1n) is 9.44. The highest BCUT2D eigenvalue weighted by molar-refractivity contribution is 5.79. The summed E-state index contributed by atoms with van der Waals surface area (Å²) in [5, 5.41) is 7.03. The topological polar surface area (TPSA) is 84.7 Å². The summed E-state index contributed by atoms with van der Waals surface area (Å²) in [7, 11) is 1.66. The van der Waals surface area contributed by atoms with Crippen LogP contribution in [0, 0.1) is 19.3 Å². The van der Waals surface area contributed by atoms with Crippen molar-refractivity contribution in [1.29, 1.82) is 0 Å². The van der Waals surface area contributed by atoms with Gasteiger partial charge in [0.25, 0.3) is 0 Å². The first-order valence-corrected chi connectivity index (χ1v) is 9.44. The summed E-state index contributed by atoms with van der Waals surface area (Å²) in [5.74, 6) is 0.898. The zero-order valence-corrected chi connectivity index (χ0v) is 16.0. The smallest absolute Gasteiger partial charge is 0.224 e. The van der Waals surface area contributed by atoms with Crippen molar-refractivity contribution in [3.05, 3.63) is 17.0 Å². The Hall–Kier alpha value is -1.89. The van der Waals surface area contributed by atoms with Crippen molar-refractivity contribution in [3.8, 4) is 0 Å². The van der Waals surface area contributed by atoms with Crippen LogP contribution in [-0.2, 0) is 20.7 Å². The second-order valence-corrected chi connectivity index (χ2v) is 7.61. The molecule has 0 bridgehead atoms. The van der Waals surface area contributed by atoms with E-state index in [0.717, 1.165) is 36.9 Å². The molecule has 1 aromatic rings. The Balaban J connectivity index is 1.64. The number of aryl methyl sites for hydroxylation is 2. The summed E-state index contributed by atoms with van der Waals surface area (Å²) in [6.45, 7) is 5.49. The standard InChI is InChI=1S/C19H29N3O4/c1-13-15(14(2)26-21-13)11-17(23)20-12-19-7-4-5-16(19)22(9-10-25-3)18(24)6-8-19/h16H,4-12H2,1-3H3,(H,20,23)/t16-,19+/m1/s1. The number of fused-ring (bicyclic) bond motifs is 1. The van der Waals surface area contributed by atoms with Crippen molar-refractivity contribution in [3.63, 3.8) is 0 Å². The summed E-state index contributed by atoms with van der Waals surface area (Å²) < 4.78 is 10.3. The number of carbonyl (C=O) groups excluding carboxylic acids is 2. The number of methoxy groups -OCH3 is 1. The van der Waals surface area contributed by atoms with E-state index in [4.69, 9.17) is 9.26 Å². The predicted molar refractivity (Wildman–Crippen MR) is 95.6 cm³/mol. The number of nitrogens with zero attached hydrogens (tertiary/aromatic N) is 2. The van der Waals surface area contributed by atoms with E-state index in [2.05, 4.69) is 10.5 Å². The van der Waals surface area contributed by atoms with Crippen molar-refractivity contribution < 1.29 is 18.8 Å². The molecule has 2 fully saturated rings. The molecule has 0 spiro atoms. The molecule has 1 aromatic heterocycles. The summed E-state index contributed by atoms with van der Waals surface area (Å²) in [4.78, 5) is 26.8. The highest BCUT2D eigenvalue weighted by atomic mass is 16.5. The lowest BCUT2D eigenvalue weighted by atomic mass is 9.74. The Bertz CT molecular complexity index is 652. The lowest BCUT2D eigenvalue weighted by molar-refractivity contribution is -0.142. The Morgan fingerprint density at radius 2 is 2.23 bits per heavy atom. The van der Waals surface area contributed by atoms with Gasteiger partial charge in [0.05, 0.1) is 18.7 Å². The normalized spacial score (nSPS) is 25.4. The van der Waals surface area contributed by atoms with Gasteiger partial charge in [-0.25, -0.2) is 0 Å². The van der Waals surface area contributed by atoms with Crippen LogP contribution in [0.3, 0.4) is 0 Å². The van der Waals surface area contributed by atoms with E-state index in [1.165, 1.54) is 0 Å². The van der Waals surface area contributed by atoms with Gasteiger partial charge in [-0.05, 0) is 33.1 Å². The molecule has 1 saturated carbocycles. The maximum Gasteiger partial charge on any atom is 0.224 e. The van der Waals surface area contributed by atoms with Crippen molar-refractivity contribution in [2.24, 2.45) is 5.41 Å². The van der Waals surface area contributed by atoms with E-state index in [1.54, 1.807) is 7.11 Å². The van der Waals surface area contributed by atoms with Crippen LogP contribution in [0.15, 0.2) is 4.52 Å². The fourth-order valence-electron chi connectivity index (χ4n) is 4.59. The molecule has 2 aliphatic rings. The fraction of sp³-hybridized carbons (Fsp3) is 0.737. The van der Waals surface area contributed by atoms with Crippen LogP contribution < -0.4 is 5.32 Å². The van der Waals surface area contributed by atoms with Gasteiger partial charge in [-0.15, -0.1) is 0 Å². The van der Waals surface area contributed by atoms with E-state index in [1.807, 2.05) is 18.7 Å². The van der Waals surface area contributed by atoms with Crippen LogP contribution in [0.2, 0.25) is 0 Å². The third-order valence-corrected chi connectivity index (χ3v) is 6.08. The molecule has 1 N–H and O–H groups in total. The summed E-state index contributed by atoms with van der Waals surface area (Å²) in [6.07, 6.45) is 4.86. The molecule has 2 heterocycles. The minimum atomic E-state index is -0.0141. The van der Waals surface area contributed by atoms with Crippen molar-refractivity contribution in [1.82, 2.24) is 15.4 Å². The van der Waals surface area contributed by atoms with Crippen LogP contribution in [0.25, 0.3) is 0 Å². The third-order valence-electron chi connectivity index (χ3n) is 6.08. The zero-order valence-electron chi connectivity index (χ0n) is 16.0. The number of amides is 2. The van der Waals surface area contributed by atoms with Crippen molar-refractivity contribution >= 4 is 11.8 Å². The maximum absolute atomic E-state index is 12.5. The van der Waals surface area contributed by atoms with E-state index >= 15 is 0 Å². The summed E-state index contributed by atoms with van der Waals surface area (Å²) in [5.41, 5.74) is 1.63. The number of carbonyl (C=O) groups is 2. The van der Waals surface area contributed by atoms with Crippen LogP contribution >= 0.6 is 0 Å². The molecule has 144 valence electrons. The molecule has 0 radical (unpaired) electrons. The molecule has 7 heteroatoms. The molecule has 0 aromatic carbocycles. The minimum Gasteiger partial charge on any atom is -0.383 e. The SMILES string of the molecule is COCCN1C(=O)CC[C@]2(CNC(=O)Cc3c(C)noc3C)CCC[C@@H]12. The van der Waals surface area contributed by atoms with E-state index in [-0.39, 0.29) is 29.7 Å². The molecule has 0 unspecified atom stereocenters. The largest absolute Gasteiger partial charge is 0.383 e. The van der Waals surface area contributed by atoms with Crippen LogP contribution in [0.5, 0.6) is 0 Å². The van der Waals surface area contributed by atoms with Gasteiger partial charge in [-0.3, -0.25) is 9.59 Å². The van der Waals surface area contributed by atoms with Gasteiger partial charge in [-0.2, -0.15) is 0 Å². The first kappa shape index (κ1) is 18.9. The number of ether oxygens (including phenoxy) is 1. The molecule has 2 amide bonds. The minimum absolute atomic E-state index is 0.00392. The summed E-state index contributed by atoms with van der Waals surface area (Å²) >= 11 is 0. The molecule has 3 rings (SSSR count). The molecular formula is C19H29N3O4. The van der Waals surface area contributed by atoms with Gasteiger partial charge in [-0.1, -0.05) is 11.6 Å². The summed E-state index contributed by atoms with van der Waals surface area (Å²) in [6, 6.07) is 0.207. The number of piperidine rings is 1. The number of aromatic nitrogens is 1. The van der Waals surface area contributed by atoms with E-state index in [0.29, 0.717) is 31.9 Å². The highest BCUT2D eigenvalue weighted by Crippen LogP contribution is 2.47. The quantitative estimate of drug-likeness (QED) is 0.798. The predicted octanol–water partition coefficient (Wildman–Crippen LogP) is 1.76. The average Bonchev–Trinajstić information content (AvgIpc) is 3.18. The zero-order chi connectivity index (χ0) is 18.7. The Labute approximate surface area is 154 Å². The van der Waals surface area contributed by atoms with E-state index < -0.39 is 0 Å². The van der Waals surface area contributed by atoms with Gasteiger partial charge in [0.1, 0.15) is 5.76 Å². The second-order valence-electron chi connectivity index (χ2n) is 7.61. The number of nitrogens with one attached hydrogen (secondary N) is 1. The monoisotopic (exact) mass is 363 g/mol. The lowest BCUT2D eigenvalue weighted by Crippen LogP contribution is -2.56. The van der Waals surface area contributed by atoms with Gasteiger partial charge in [0.15, 0.2) is 0 Å². The fourth-order valence-corrected chi connectivity index (χ4v) is 4.59. The van der Waals surface area contributed by atoms with Gasteiger partial charge >= 0.3 is 0 Å². The second kappa shape index (κ2) is 7.78. The lowest BCUT2D eigenvalue weighted by Gasteiger charge is -2.46. The number of rotatable bonds is 7. The van der Waals surface area contributed by atoms with Crippen molar-refractivity contribution in [2.75, 3.05) is 26.8 Å². The molecular weight excluding hydrogens is 334 g/mol. The third kappa shape index (κ3) is 3.63. The van der Waals surface area contributed by atoms with Crippen LogP contribution in [0.4, 0.5) is 0 Å². The number of hydrogen-bond acceptors (Lipinski definition) is 5. The first-order chi connectivity index (χ1) is 12.5. The highest BCUT2D eigenvalue weighted by Gasteiger charge is 2.50. The number of hydrogen-bond donors (Lipinski definition) is 1. The Morgan fingerprint density at radius 3 is 2.92 bits per heavy atom. The molecule has 26 heavy (non-hydrogen) atoms. The maximum atomic E-state index is 12.5. The molecule has 7 nitrogen and oxygen atoms in total. The Kier molecular flexibility index (Phi) is 5.65. The van der Waals surface area contributed by atoms with Crippen molar-refractivity contribution in [2.45, 2.75) is 58.4 Å². The van der Waals surface area contributed by atoms with Gasteiger partial charge in [0.2, 0.25) is 11.8 Å². The molecule has 2 atom stereocenters. The molecule has 1 aliphatic heterocycles. The average molecular weight is 363 g/mol. The molecule has 1 saturated heterocycles.